The van der Waals surface area contributed by atoms with Crippen LogP contribution in [0.4, 0.5) is 0 Å². The predicted molar refractivity (Wildman–Crippen MR) is 255 cm³/mol. The van der Waals surface area contributed by atoms with Crippen molar-refractivity contribution in [2.45, 2.75) is 41.4 Å². The average Bonchev–Trinajstić information content (AvgIpc) is 3.95. The Morgan fingerprint density at radius 3 is 2.14 bits per heavy atom. The van der Waals surface area contributed by atoms with Gasteiger partial charge in [0, 0.05) is 39.2 Å². The van der Waals surface area contributed by atoms with Gasteiger partial charge in [-0.2, -0.15) is 0 Å². The van der Waals surface area contributed by atoms with Gasteiger partial charge in [-0.25, -0.2) is 24.9 Å². The highest BCUT2D eigenvalue weighted by Gasteiger charge is 2.20. The van der Waals surface area contributed by atoms with Crippen LogP contribution in [0.1, 0.15) is 60.4 Å². The second kappa shape index (κ2) is 17.9. The van der Waals surface area contributed by atoms with Gasteiger partial charge in [-0.1, -0.05) is 105 Å². The summed E-state index contributed by atoms with van der Waals surface area (Å²) in [4.78, 5) is 24.9. The molecule has 7 aromatic rings. The number of benzene rings is 3. The van der Waals surface area contributed by atoms with Gasteiger partial charge in [0.2, 0.25) is 0 Å². The van der Waals surface area contributed by atoms with Crippen molar-refractivity contribution in [1.29, 1.82) is 0 Å². The van der Waals surface area contributed by atoms with Gasteiger partial charge in [0.05, 0.1) is 20.4 Å². The van der Waals surface area contributed by atoms with Crippen molar-refractivity contribution in [3.63, 3.8) is 0 Å². The molecule has 6 nitrogen and oxygen atoms in total. The van der Waals surface area contributed by atoms with E-state index in [1.807, 2.05) is 67.6 Å². The maximum atomic E-state index is 5.18. The number of allylic oxidation sites excluding steroid dienone is 12. The van der Waals surface area contributed by atoms with Crippen molar-refractivity contribution in [2.24, 2.45) is 0 Å². The fourth-order valence-corrected chi connectivity index (χ4v) is 8.97. The Morgan fingerprint density at radius 1 is 0.741 bits per heavy atom. The van der Waals surface area contributed by atoms with Gasteiger partial charge in [-0.15, -0.1) is 22.7 Å². The number of aromatic nitrogens is 6. The first-order chi connectivity index (χ1) is 28.3. The Balaban J connectivity index is 1.29. The van der Waals surface area contributed by atoms with E-state index in [9.17, 15) is 0 Å². The van der Waals surface area contributed by atoms with Gasteiger partial charge in [0.25, 0.3) is 0 Å². The van der Waals surface area contributed by atoms with Gasteiger partial charge in [0.1, 0.15) is 10.0 Å². The molecule has 0 saturated carbocycles. The maximum absolute atomic E-state index is 5.18. The first-order valence-corrected chi connectivity index (χ1v) is 21.0. The van der Waals surface area contributed by atoms with E-state index in [1.165, 1.54) is 21.4 Å². The van der Waals surface area contributed by atoms with E-state index < -0.39 is 0 Å². The second-order valence-electron chi connectivity index (χ2n) is 13.6. The lowest BCUT2D eigenvalue weighted by Crippen LogP contribution is -2.24. The average molecular weight is 793 g/mol. The summed E-state index contributed by atoms with van der Waals surface area (Å²) in [5.41, 5.74) is 12.4. The second-order valence-corrected chi connectivity index (χ2v) is 15.7. The van der Waals surface area contributed by atoms with E-state index in [1.54, 1.807) is 28.7 Å². The van der Waals surface area contributed by atoms with E-state index >= 15 is 0 Å². The quantitative estimate of drug-likeness (QED) is 0.0859. The summed E-state index contributed by atoms with van der Waals surface area (Å²) in [6.45, 7) is 20.9. The molecule has 0 radical (unpaired) electrons. The minimum absolute atomic E-state index is 0.578. The Bertz CT molecular complexity index is 2830. The molecule has 0 amide bonds. The number of rotatable bonds is 13. The molecule has 4 aromatic heterocycles. The third kappa shape index (κ3) is 8.10. The molecular weight excluding hydrogens is 748 g/mol. The molecule has 58 heavy (non-hydrogen) atoms. The molecule has 9 heteroatoms. The monoisotopic (exact) mass is 792 g/mol. The molecule has 0 spiro atoms. The van der Waals surface area contributed by atoms with Gasteiger partial charge < -0.3 is 4.57 Å². The van der Waals surface area contributed by atoms with Crippen LogP contribution in [0.25, 0.3) is 77.8 Å². The summed E-state index contributed by atoms with van der Waals surface area (Å²) in [5, 5.41) is 1.95. The molecule has 0 N–H and O–H groups in total. The third-order valence-corrected chi connectivity index (χ3v) is 12.1. The molecular formula is C49H45BN6S2. The summed E-state index contributed by atoms with van der Waals surface area (Å²) < 4.78 is 4.61. The van der Waals surface area contributed by atoms with Crippen LogP contribution in [-0.4, -0.2) is 36.8 Å². The van der Waals surface area contributed by atoms with Crippen LogP contribution in [0.15, 0.2) is 135 Å². The van der Waals surface area contributed by atoms with Gasteiger partial charge in [0.15, 0.2) is 24.8 Å². The van der Waals surface area contributed by atoms with Crippen LogP contribution in [0, 0.1) is 6.92 Å². The SMILES string of the molecule is C=C/C=C(\C=C/C)c1nc(-c2ccccc2)nc(-c2ccc3sc(C(=C/C)/C=C(\C=C)n4c(C)c(/C=C(\C)c5nc6ccccc6s5)c(/C=C\C)c4BC)nc3c2)n1. The van der Waals surface area contributed by atoms with Crippen molar-refractivity contribution in [3.05, 3.63) is 167 Å². The first kappa shape index (κ1) is 39.9. The summed E-state index contributed by atoms with van der Waals surface area (Å²) in [5.74, 6) is 1.76. The van der Waals surface area contributed by atoms with E-state index in [2.05, 4.69) is 119 Å². The minimum Gasteiger partial charge on any atom is -0.326 e. The van der Waals surface area contributed by atoms with Gasteiger partial charge >= 0.3 is 0 Å². The smallest absolute Gasteiger partial charge is 0.177 e. The highest BCUT2D eigenvalue weighted by Crippen LogP contribution is 2.34. The molecule has 0 unspecified atom stereocenters. The molecule has 0 aliphatic carbocycles. The van der Waals surface area contributed by atoms with E-state index in [0.29, 0.717) is 17.5 Å². The highest BCUT2D eigenvalue weighted by atomic mass is 32.1. The van der Waals surface area contributed by atoms with Crippen molar-refractivity contribution >= 4 is 90.5 Å². The highest BCUT2D eigenvalue weighted by molar-refractivity contribution is 7.20. The summed E-state index contributed by atoms with van der Waals surface area (Å²) in [6.07, 6.45) is 20.5. The van der Waals surface area contributed by atoms with Crippen molar-refractivity contribution < 1.29 is 0 Å². The van der Waals surface area contributed by atoms with Crippen molar-refractivity contribution in [1.82, 2.24) is 29.5 Å². The van der Waals surface area contributed by atoms with Crippen LogP contribution >= 0.6 is 22.7 Å². The molecule has 0 aliphatic heterocycles. The standard InChI is InChI=1S/C49H45BN6S2/c1-9-19-34(20-10-2)45-53-46(35-22-15-14-16-23-35)55-47(54-45)36-26-27-43-41(30-36)52-49(58-43)33(12-4)29-37(13-5)56-32(7)39(38(21-11-3)44(56)50-8)28-31(6)48-51-40-24-17-18-25-42(40)57-48/h9-30,50H,1,5H2,2-4,6-8H3/b20-10-,21-11-,31-28+,33-12+,34-19+,37-29+. The van der Waals surface area contributed by atoms with E-state index in [4.69, 9.17) is 24.9 Å². The lowest BCUT2D eigenvalue weighted by Gasteiger charge is -2.13. The number of hydrogen-bond donors (Lipinski definition) is 0. The maximum Gasteiger partial charge on any atom is 0.177 e. The fraction of sp³-hybridized carbons (Fsp3) is 0.122. The van der Waals surface area contributed by atoms with Crippen LogP contribution in [-0.2, 0) is 0 Å². The van der Waals surface area contributed by atoms with Crippen molar-refractivity contribution in [3.8, 4) is 22.8 Å². The molecule has 0 fully saturated rings. The van der Waals surface area contributed by atoms with Gasteiger partial charge in [-0.05, 0) is 99.9 Å². The Kier molecular flexibility index (Phi) is 12.3. The number of nitrogens with zero attached hydrogens (tertiary/aromatic N) is 6. The number of fused-ring (bicyclic) bond motifs is 2. The molecule has 0 aliphatic rings. The Morgan fingerprint density at radius 2 is 1.45 bits per heavy atom. The summed E-state index contributed by atoms with van der Waals surface area (Å²) in [7, 11) is 0.846. The van der Waals surface area contributed by atoms with Crippen LogP contribution < -0.4 is 5.59 Å². The molecule has 4 heterocycles. The number of para-hydroxylation sites is 1. The van der Waals surface area contributed by atoms with Crippen LogP contribution in [0.5, 0.6) is 0 Å². The minimum atomic E-state index is 0.578. The topological polar surface area (TPSA) is 69.4 Å². The zero-order chi connectivity index (χ0) is 40.8. The van der Waals surface area contributed by atoms with E-state index in [-0.39, 0.29) is 0 Å². The van der Waals surface area contributed by atoms with Crippen LogP contribution in [0.3, 0.4) is 0 Å². The number of thiazole rings is 2. The molecule has 0 saturated heterocycles. The number of hydrogen-bond acceptors (Lipinski definition) is 7. The lowest BCUT2D eigenvalue weighted by atomic mass is 9.75. The van der Waals surface area contributed by atoms with Gasteiger partial charge in [-0.3, -0.25) is 0 Å². The third-order valence-electron chi connectivity index (χ3n) is 9.80. The zero-order valence-electron chi connectivity index (χ0n) is 33.8. The van der Waals surface area contributed by atoms with E-state index in [0.717, 1.165) is 72.3 Å². The van der Waals surface area contributed by atoms with Crippen LogP contribution in [0.2, 0.25) is 6.82 Å². The summed E-state index contributed by atoms with van der Waals surface area (Å²) >= 11 is 3.39. The largest absolute Gasteiger partial charge is 0.326 e. The van der Waals surface area contributed by atoms with Crippen molar-refractivity contribution in [2.75, 3.05) is 0 Å². The summed E-state index contributed by atoms with van der Waals surface area (Å²) in [6, 6.07) is 24.5. The molecule has 0 atom stereocenters. The Hall–Kier alpha value is -6.29. The normalized spacial score (nSPS) is 13.1. The lowest BCUT2D eigenvalue weighted by molar-refractivity contribution is 1.04. The molecule has 0 bridgehead atoms. The first-order valence-electron chi connectivity index (χ1n) is 19.4. The zero-order valence-corrected chi connectivity index (χ0v) is 35.5. The molecule has 286 valence electrons. The fourth-order valence-electron chi connectivity index (χ4n) is 7.04. The Labute approximate surface area is 349 Å². The molecule has 7 rings (SSSR count). The predicted octanol–water partition coefficient (Wildman–Crippen LogP) is 12.5. The molecule has 3 aromatic carbocycles.